The lowest BCUT2D eigenvalue weighted by atomic mass is 10.0. The number of nitrogens with zero attached hydrogens (tertiary/aromatic N) is 1. The van der Waals surface area contributed by atoms with Crippen LogP contribution in [0.3, 0.4) is 0 Å². The van der Waals surface area contributed by atoms with E-state index in [9.17, 15) is 14.4 Å². The van der Waals surface area contributed by atoms with E-state index in [-0.39, 0.29) is 23.9 Å². The van der Waals surface area contributed by atoms with Crippen molar-refractivity contribution in [1.82, 2.24) is 10.3 Å². The monoisotopic (exact) mass is 364 g/mol. The predicted octanol–water partition coefficient (Wildman–Crippen LogP) is 2.65. The Morgan fingerprint density at radius 1 is 1.00 bits per heavy atom. The zero-order chi connectivity index (χ0) is 19.2. The van der Waals surface area contributed by atoms with Crippen LogP contribution in [0.25, 0.3) is 0 Å². The molecule has 1 heterocycles. The quantitative estimate of drug-likeness (QED) is 0.573. The standard InChI is InChI=1S/C19H28N2O5/c1-3-25-17(22)12-7-9-15(10-8-13-18(23)26-4-2)21-19(24)16-11-5-6-14-20-16/h5-6,11,14-15H,3-4,7-10,12-13H2,1-2H3,(H,21,24). The average Bonchev–Trinajstić information content (AvgIpc) is 2.62. The summed E-state index contributed by atoms with van der Waals surface area (Å²) in [7, 11) is 0. The number of aromatic nitrogens is 1. The molecule has 0 aliphatic carbocycles. The van der Waals surface area contributed by atoms with Crippen molar-refractivity contribution in [3.05, 3.63) is 30.1 Å². The van der Waals surface area contributed by atoms with Crippen molar-refractivity contribution in [3.63, 3.8) is 0 Å². The van der Waals surface area contributed by atoms with Gasteiger partial charge in [0, 0.05) is 25.1 Å². The van der Waals surface area contributed by atoms with Gasteiger partial charge in [-0.1, -0.05) is 6.07 Å². The Bertz CT molecular complexity index is 538. The summed E-state index contributed by atoms with van der Waals surface area (Å²) >= 11 is 0. The molecule has 0 saturated carbocycles. The minimum Gasteiger partial charge on any atom is -0.466 e. The van der Waals surface area contributed by atoms with Crippen LogP contribution in [-0.2, 0) is 19.1 Å². The van der Waals surface area contributed by atoms with Crippen LogP contribution in [0.1, 0.15) is 62.9 Å². The first-order valence-corrected chi connectivity index (χ1v) is 9.09. The van der Waals surface area contributed by atoms with Gasteiger partial charge in [-0.3, -0.25) is 19.4 Å². The third kappa shape index (κ3) is 9.15. The van der Waals surface area contributed by atoms with E-state index in [0.29, 0.717) is 57.4 Å². The fourth-order valence-corrected chi connectivity index (χ4v) is 2.50. The SMILES string of the molecule is CCOC(=O)CCCC(CCCC(=O)OCC)NC(=O)c1ccccn1. The molecule has 0 aliphatic heterocycles. The van der Waals surface area contributed by atoms with Gasteiger partial charge < -0.3 is 14.8 Å². The Labute approximate surface area is 154 Å². The van der Waals surface area contributed by atoms with Gasteiger partial charge in [-0.25, -0.2) is 0 Å². The van der Waals surface area contributed by atoms with Crippen molar-refractivity contribution in [2.24, 2.45) is 0 Å². The van der Waals surface area contributed by atoms with Gasteiger partial charge in [0.15, 0.2) is 0 Å². The molecule has 0 aliphatic rings. The first-order chi connectivity index (χ1) is 12.6. The first kappa shape index (κ1) is 21.6. The molecule has 0 spiro atoms. The summed E-state index contributed by atoms with van der Waals surface area (Å²) in [6, 6.07) is 4.99. The van der Waals surface area contributed by atoms with Gasteiger partial charge in [-0.2, -0.15) is 0 Å². The molecule has 1 N–H and O–H groups in total. The predicted molar refractivity (Wildman–Crippen MR) is 96.5 cm³/mol. The lowest BCUT2D eigenvalue weighted by Crippen LogP contribution is -2.35. The first-order valence-electron chi connectivity index (χ1n) is 9.09. The summed E-state index contributed by atoms with van der Waals surface area (Å²) in [5.41, 5.74) is 0.341. The molecule has 1 aromatic rings. The Balaban J connectivity index is 2.52. The number of amides is 1. The van der Waals surface area contributed by atoms with E-state index in [1.165, 1.54) is 0 Å². The molecule has 0 aromatic carbocycles. The van der Waals surface area contributed by atoms with Crippen LogP contribution >= 0.6 is 0 Å². The molecular weight excluding hydrogens is 336 g/mol. The summed E-state index contributed by atoms with van der Waals surface area (Å²) in [6.45, 7) is 4.25. The molecule has 0 bridgehead atoms. The second kappa shape index (κ2) is 12.9. The molecule has 0 fully saturated rings. The Morgan fingerprint density at radius 3 is 2.04 bits per heavy atom. The topological polar surface area (TPSA) is 94.6 Å². The smallest absolute Gasteiger partial charge is 0.305 e. The molecule has 0 radical (unpaired) electrons. The maximum absolute atomic E-state index is 12.3. The van der Waals surface area contributed by atoms with Gasteiger partial charge in [-0.05, 0) is 51.7 Å². The van der Waals surface area contributed by atoms with Crippen LogP contribution in [0, 0.1) is 0 Å². The number of pyridine rings is 1. The fraction of sp³-hybridized carbons (Fsp3) is 0.579. The Hall–Kier alpha value is -2.44. The number of nitrogens with one attached hydrogen (secondary N) is 1. The van der Waals surface area contributed by atoms with E-state index >= 15 is 0 Å². The van der Waals surface area contributed by atoms with E-state index in [0.717, 1.165) is 0 Å². The van der Waals surface area contributed by atoms with Gasteiger partial charge in [0.05, 0.1) is 13.2 Å². The highest BCUT2D eigenvalue weighted by molar-refractivity contribution is 5.92. The summed E-state index contributed by atoms with van der Waals surface area (Å²) in [6.07, 6.45) is 4.63. The molecule has 1 rings (SSSR count). The third-order valence-electron chi connectivity index (χ3n) is 3.71. The van der Waals surface area contributed by atoms with Crippen LogP contribution in [0.5, 0.6) is 0 Å². The summed E-state index contributed by atoms with van der Waals surface area (Å²) < 4.78 is 9.83. The molecule has 7 nitrogen and oxygen atoms in total. The fourth-order valence-electron chi connectivity index (χ4n) is 2.50. The second-order valence-corrected chi connectivity index (χ2v) is 5.78. The second-order valence-electron chi connectivity index (χ2n) is 5.78. The van der Waals surface area contributed by atoms with Crippen molar-refractivity contribution in [1.29, 1.82) is 0 Å². The summed E-state index contributed by atoms with van der Waals surface area (Å²) in [5, 5.41) is 2.94. The van der Waals surface area contributed by atoms with E-state index < -0.39 is 0 Å². The molecule has 1 aromatic heterocycles. The largest absolute Gasteiger partial charge is 0.466 e. The highest BCUT2D eigenvalue weighted by Gasteiger charge is 2.16. The lowest BCUT2D eigenvalue weighted by Gasteiger charge is -2.18. The van der Waals surface area contributed by atoms with Crippen molar-refractivity contribution in [2.75, 3.05) is 13.2 Å². The zero-order valence-electron chi connectivity index (χ0n) is 15.5. The molecule has 144 valence electrons. The number of ether oxygens (including phenoxy) is 2. The summed E-state index contributed by atoms with van der Waals surface area (Å²) in [5.74, 6) is -0.745. The molecule has 7 heteroatoms. The van der Waals surface area contributed by atoms with Crippen LogP contribution < -0.4 is 5.32 Å². The average molecular weight is 364 g/mol. The van der Waals surface area contributed by atoms with E-state index in [1.807, 2.05) is 0 Å². The van der Waals surface area contributed by atoms with Gasteiger partial charge >= 0.3 is 11.9 Å². The van der Waals surface area contributed by atoms with Gasteiger partial charge in [0.2, 0.25) is 0 Å². The molecule has 26 heavy (non-hydrogen) atoms. The zero-order valence-corrected chi connectivity index (χ0v) is 15.5. The highest BCUT2D eigenvalue weighted by atomic mass is 16.5. The number of hydrogen-bond donors (Lipinski definition) is 1. The highest BCUT2D eigenvalue weighted by Crippen LogP contribution is 2.11. The molecule has 0 atom stereocenters. The van der Waals surface area contributed by atoms with Crippen molar-refractivity contribution in [3.8, 4) is 0 Å². The van der Waals surface area contributed by atoms with Crippen molar-refractivity contribution in [2.45, 2.75) is 58.4 Å². The van der Waals surface area contributed by atoms with Gasteiger partial charge in [0.1, 0.15) is 5.69 Å². The lowest BCUT2D eigenvalue weighted by molar-refractivity contribution is -0.144. The normalized spacial score (nSPS) is 10.4. The molecule has 0 saturated heterocycles. The molecule has 1 amide bonds. The number of carbonyl (C=O) groups is 3. The molecule has 0 unspecified atom stereocenters. The minimum atomic E-state index is -0.261. The molecular formula is C19H28N2O5. The summed E-state index contributed by atoms with van der Waals surface area (Å²) in [4.78, 5) is 39.3. The van der Waals surface area contributed by atoms with Gasteiger partial charge in [-0.15, -0.1) is 0 Å². The van der Waals surface area contributed by atoms with E-state index in [1.54, 1.807) is 38.2 Å². The van der Waals surface area contributed by atoms with E-state index in [2.05, 4.69) is 10.3 Å². The Morgan fingerprint density at radius 2 is 1.58 bits per heavy atom. The number of esters is 2. The van der Waals surface area contributed by atoms with Crippen molar-refractivity contribution >= 4 is 17.8 Å². The third-order valence-corrected chi connectivity index (χ3v) is 3.71. The van der Waals surface area contributed by atoms with Crippen LogP contribution in [0.4, 0.5) is 0 Å². The van der Waals surface area contributed by atoms with E-state index in [4.69, 9.17) is 9.47 Å². The number of hydrogen-bond acceptors (Lipinski definition) is 6. The van der Waals surface area contributed by atoms with Crippen LogP contribution in [-0.4, -0.2) is 42.1 Å². The number of carbonyl (C=O) groups excluding carboxylic acids is 3. The maximum Gasteiger partial charge on any atom is 0.305 e. The number of rotatable bonds is 12. The van der Waals surface area contributed by atoms with Crippen LogP contribution in [0.2, 0.25) is 0 Å². The van der Waals surface area contributed by atoms with Crippen molar-refractivity contribution < 1.29 is 23.9 Å². The minimum absolute atomic E-state index is 0.145. The van der Waals surface area contributed by atoms with Crippen LogP contribution in [0.15, 0.2) is 24.4 Å². The Kier molecular flexibility index (Phi) is 10.7. The van der Waals surface area contributed by atoms with Gasteiger partial charge in [0.25, 0.3) is 5.91 Å². The maximum atomic E-state index is 12.3.